The van der Waals surface area contributed by atoms with E-state index in [-0.39, 0.29) is 17.0 Å². The van der Waals surface area contributed by atoms with E-state index in [1.54, 1.807) is 7.05 Å². The number of carboxylic acid groups (broad SMARTS) is 1. The Labute approximate surface area is 83.6 Å². The molecule has 0 radical (unpaired) electrons. The predicted octanol–water partition coefficient (Wildman–Crippen LogP) is -0.159. The molecular weight excluding hydrogens is 206 g/mol. The van der Waals surface area contributed by atoms with Gasteiger partial charge in [0.1, 0.15) is 0 Å². The number of rotatable bonds is 4. The van der Waals surface area contributed by atoms with Gasteiger partial charge in [0.15, 0.2) is 5.16 Å². The van der Waals surface area contributed by atoms with Crippen molar-refractivity contribution in [3.8, 4) is 0 Å². The number of nitrogens with zero attached hydrogens (tertiary/aromatic N) is 2. The van der Waals surface area contributed by atoms with Crippen LogP contribution in [0.3, 0.4) is 0 Å². The molecule has 0 unspecified atom stereocenters. The fraction of sp³-hybridized carbons (Fsp3) is 0.286. The maximum Gasteiger partial charge on any atom is 0.343 e. The summed E-state index contributed by atoms with van der Waals surface area (Å²) >= 11 is 1.14. The minimum Gasteiger partial charge on any atom is -0.478 e. The summed E-state index contributed by atoms with van der Waals surface area (Å²) in [5.74, 6) is -0.842. The van der Waals surface area contributed by atoms with Gasteiger partial charge in [-0.2, -0.15) is 0 Å². The van der Waals surface area contributed by atoms with Crippen LogP contribution in [0, 0.1) is 0 Å². The molecule has 0 fully saturated rings. The van der Waals surface area contributed by atoms with E-state index in [2.05, 4.69) is 16.8 Å². The molecule has 0 bridgehead atoms. The second-order valence-corrected chi connectivity index (χ2v) is 3.51. The topological polar surface area (TPSA) is 88.0 Å². The highest BCUT2D eigenvalue weighted by Crippen LogP contribution is 2.14. The molecule has 0 aliphatic heterocycles. The van der Waals surface area contributed by atoms with E-state index < -0.39 is 5.97 Å². The van der Waals surface area contributed by atoms with Gasteiger partial charge in [0.2, 0.25) is 0 Å². The number of hydrogen-bond donors (Lipinski definition) is 2. The van der Waals surface area contributed by atoms with Crippen molar-refractivity contribution in [2.24, 2.45) is 7.05 Å². The molecular formula is C7H9N3O3S. The first-order valence-electron chi connectivity index (χ1n) is 3.67. The second-order valence-electron chi connectivity index (χ2n) is 2.57. The lowest BCUT2D eigenvalue weighted by Gasteiger charge is -1.98. The second kappa shape index (κ2) is 4.14. The number of thioether (sulfide) groups is 1. The Kier molecular flexibility index (Phi) is 3.13. The Bertz CT molecular complexity index is 420. The molecule has 1 aromatic heterocycles. The monoisotopic (exact) mass is 215 g/mol. The number of nitrogens with one attached hydrogen (secondary N) is 1. The number of aromatic amines is 1. The van der Waals surface area contributed by atoms with Gasteiger partial charge in [0.25, 0.3) is 0 Å². The first kappa shape index (κ1) is 10.6. The molecule has 0 aromatic carbocycles. The molecule has 1 heterocycles. The zero-order chi connectivity index (χ0) is 10.7. The maximum atomic E-state index is 10.9. The third-order valence-corrected chi connectivity index (χ3v) is 2.63. The fourth-order valence-corrected chi connectivity index (χ4v) is 1.49. The van der Waals surface area contributed by atoms with Crippen LogP contribution in [0.2, 0.25) is 0 Å². The Morgan fingerprint density at radius 1 is 1.79 bits per heavy atom. The summed E-state index contributed by atoms with van der Waals surface area (Å²) < 4.78 is 1.31. The first-order valence-corrected chi connectivity index (χ1v) is 4.66. The molecule has 0 aliphatic carbocycles. The molecule has 0 amide bonds. The number of carbonyl (C=O) groups is 1. The Morgan fingerprint density at radius 3 is 2.86 bits per heavy atom. The number of hydrogen-bond acceptors (Lipinski definition) is 4. The van der Waals surface area contributed by atoms with E-state index in [1.165, 1.54) is 4.57 Å². The molecule has 6 nitrogen and oxygen atoms in total. The summed E-state index contributed by atoms with van der Waals surface area (Å²) in [5.41, 5.74) is -0.251. The third kappa shape index (κ3) is 2.25. The zero-order valence-electron chi connectivity index (χ0n) is 7.48. The van der Waals surface area contributed by atoms with Crippen LogP contribution >= 0.6 is 11.8 Å². The maximum absolute atomic E-state index is 10.9. The van der Waals surface area contributed by atoms with Gasteiger partial charge in [-0.05, 0) is 0 Å². The van der Waals surface area contributed by atoms with Gasteiger partial charge in [-0.15, -0.1) is 5.10 Å². The molecule has 14 heavy (non-hydrogen) atoms. The molecule has 2 N–H and O–H groups in total. The van der Waals surface area contributed by atoms with Crippen LogP contribution in [0.5, 0.6) is 0 Å². The average Bonchev–Trinajstić information content (AvgIpc) is 2.44. The summed E-state index contributed by atoms with van der Waals surface area (Å²) in [5, 5.41) is 14.9. The predicted molar refractivity (Wildman–Crippen MR) is 51.3 cm³/mol. The van der Waals surface area contributed by atoms with Gasteiger partial charge in [0.05, 0.1) is 0 Å². The summed E-state index contributed by atoms with van der Waals surface area (Å²) in [7, 11) is 1.55. The summed E-state index contributed by atoms with van der Waals surface area (Å²) in [6.45, 7) is 3.36. The van der Waals surface area contributed by atoms with E-state index in [0.29, 0.717) is 5.16 Å². The van der Waals surface area contributed by atoms with Crippen LogP contribution in [0.4, 0.5) is 0 Å². The smallest absolute Gasteiger partial charge is 0.343 e. The largest absolute Gasteiger partial charge is 0.478 e. The molecule has 7 heteroatoms. The molecule has 1 rings (SSSR count). The zero-order valence-corrected chi connectivity index (χ0v) is 8.30. The number of H-pyrrole nitrogens is 1. The minimum absolute atomic E-state index is 0.0745. The van der Waals surface area contributed by atoms with E-state index in [9.17, 15) is 9.59 Å². The normalized spacial score (nSPS) is 10.1. The van der Waals surface area contributed by atoms with Gasteiger partial charge in [0, 0.05) is 18.4 Å². The fourth-order valence-electron chi connectivity index (χ4n) is 0.675. The summed E-state index contributed by atoms with van der Waals surface area (Å²) in [6, 6.07) is 0. The van der Waals surface area contributed by atoms with Gasteiger partial charge in [-0.1, -0.05) is 18.3 Å². The number of carboxylic acids is 1. The highest BCUT2D eigenvalue weighted by Gasteiger charge is 2.08. The van der Waals surface area contributed by atoms with Crippen molar-refractivity contribution >= 4 is 17.7 Å². The standard InChI is InChI=1S/C7H9N3O3S/c1-4(5(11)12)3-14-7-9-8-6(13)10(7)2/h1,3H2,2H3,(H,8,13)(H,11,12). The van der Waals surface area contributed by atoms with Crippen LogP contribution in [0.1, 0.15) is 0 Å². The molecule has 0 saturated carbocycles. The molecule has 76 valence electrons. The molecule has 0 saturated heterocycles. The molecule has 0 aliphatic rings. The average molecular weight is 215 g/mol. The van der Waals surface area contributed by atoms with Gasteiger partial charge >= 0.3 is 11.7 Å². The third-order valence-electron chi connectivity index (χ3n) is 1.52. The highest BCUT2D eigenvalue weighted by molar-refractivity contribution is 7.99. The van der Waals surface area contributed by atoms with Crippen molar-refractivity contribution < 1.29 is 9.90 Å². The van der Waals surface area contributed by atoms with E-state index in [1.807, 2.05) is 0 Å². The van der Waals surface area contributed by atoms with Gasteiger partial charge in [-0.3, -0.25) is 4.57 Å². The highest BCUT2D eigenvalue weighted by atomic mass is 32.2. The molecule has 1 aromatic rings. The molecule has 0 spiro atoms. The van der Waals surface area contributed by atoms with E-state index >= 15 is 0 Å². The lowest BCUT2D eigenvalue weighted by molar-refractivity contribution is -0.132. The SMILES string of the molecule is C=C(CSc1n[nH]c(=O)n1C)C(=O)O. The van der Waals surface area contributed by atoms with Crippen molar-refractivity contribution in [1.29, 1.82) is 0 Å². The van der Waals surface area contributed by atoms with Crippen molar-refractivity contribution in [1.82, 2.24) is 14.8 Å². The Hall–Kier alpha value is -1.50. The Morgan fingerprint density at radius 2 is 2.43 bits per heavy atom. The lowest BCUT2D eigenvalue weighted by Crippen LogP contribution is -2.13. The van der Waals surface area contributed by atoms with Crippen molar-refractivity contribution in [3.05, 3.63) is 22.6 Å². The van der Waals surface area contributed by atoms with Crippen LogP contribution in [0.15, 0.2) is 22.1 Å². The lowest BCUT2D eigenvalue weighted by atomic mass is 10.4. The summed E-state index contributed by atoms with van der Waals surface area (Å²) in [6.07, 6.45) is 0. The van der Waals surface area contributed by atoms with Crippen LogP contribution in [-0.4, -0.2) is 31.6 Å². The Balaban J connectivity index is 2.63. The summed E-state index contributed by atoms with van der Waals surface area (Å²) in [4.78, 5) is 21.3. The first-order chi connectivity index (χ1) is 6.52. The van der Waals surface area contributed by atoms with Crippen LogP contribution in [0.25, 0.3) is 0 Å². The van der Waals surface area contributed by atoms with Crippen molar-refractivity contribution in [3.63, 3.8) is 0 Å². The number of aromatic nitrogens is 3. The quantitative estimate of drug-likeness (QED) is 0.538. The van der Waals surface area contributed by atoms with Gasteiger partial charge in [-0.25, -0.2) is 14.7 Å². The van der Waals surface area contributed by atoms with E-state index in [0.717, 1.165) is 11.8 Å². The number of aliphatic carboxylic acids is 1. The van der Waals surface area contributed by atoms with Crippen molar-refractivity contribution in [2.75, 3.05) is 5.75 Å². The molecule has 0 atom stereocenters. The van der Waals surface area contributed by atoms with Crippen LogP contribution < -0.4 is 5.69 Å². The van der Waals surface area contributed by atoms with Crippen LogP contribution in [-0.2, 0) is 11.8 Å². The van der Waals surface area contributed by atoms with Crippen molar-refractivity contribution in [2.45, 2.75) is 5.16 Å². The van der Waals surface area contributed by atoms with Gasteiger partial charge < -0.3 is 5.11 Å². The van der Waals surface area contributed by atoms with E-state index in [4.69, 9.17) is 5.11 Å². The minimum atomic E-state index is -1.04.